The van der Waals surface area contributed by atoms with E-state index in [4.69, 9.17) is 0 Å². The van der Waals surface area contributed by atoms with Gasteiger partial charge in [-0.3, -0.25) is 9.59 Å². The van der Waals surface area contributed by atoms with Crippen molar-refractivity contribution in [2.75, 3.05) is 19.6 Å². The third kappa shape index (κ3) is 4.24. The lowest BCUT2D eigenvalue weighted by molar-refractivity contribution is -0.121. The molecule has 0 aliphatic heterocycles. The summed E-state index contributed by atoms with van der Waals surface area (Å²) in [6, 6.07) is 4.65. The second kappa shape index (κ2) is 7.13. The van der Waals surface area contributed by atoms with Gasteiger partial charge in [0.05, 0.1) is 12.1 Å². The van der Waals surface area contributed by atoms with Crippen molar-refractivity contribution in [1.29, 1.82) is 0 Å². The van der Waals surface area contributed by atoms with Gasteiger partial charge in [0.15, 0.2) is 0 Å². The van der Waals surface area contributed by atoms with Gasteiger partial charge in [0.2, 0.25) is 5.91 Å². The van der Waals surface area contributed by atoms with Crippen LogP contribution in [0.2, 0.25) is 0 Å². The van der Waals surface area contributed by atoms with Crippen LogP contribution in [-0.2, 0) is 4.79 Å². The van der Waals surface area contributed by atoms with Crippen molar-refractivity contribution in [2.24, 2.45) is 0 Å². The first-order chi connectivity index (χ1) is 8.99. The Balaban J connectivity index is 2.86. The lowest BCUT2D eigenvalue weighted by atomic mass is 10.1. The van der Waals surface area contributed by atoms with Gasteiger partial charge < -0.3 is 15.3 Å². The summed E-state index contributed by atoms with van der Waals surface area (Å²) in [5.74, 6) is -0.679. The highest BCUT2D eigenvalue weighted by atomic mass is 79.9. The van der Waals surface area contributed by atoms with Crippen LogP contribution in [0, 0.1) is 0 Å². The summed E-state index contributed by atoms with van der Waals surface area (Å²) in [6.45, 7) is 4.50. The Morgan fingerprint density at radius 1 is 1.37 bits per heavy atom. The number of rotatable bonds is 5. The van der Waals surface area contributed by atoms with E-state index in [1.54, 1.807) is 13.0 Å². The molecular formula is C13H17BrN2O3. The number of halogens is 1. The number of carbonyl (C=O) groups is 2. The second-order valence-corrected chi connectivity index (χ2v) is 4.85. The average Bonchev–Trinajstić information content (AvgIpc) is 2.35. The van der Waals surface area contributed by atoms with Crippen molar-refractivity contribution in [3.8, 4) is 5.75 Å². The molecule has 19 heavy (non-hydrogen) atoms. The van der Waals surface area contributed by atoms with Crippen molar-refractivity contribution in [3.63, 3.8) is 0 Å². The molecule has 0 saturated heterocycles. The molecule has 0 heterocycles. The number of carbonyl (C=O) groups excluding carboxylic acids is 2. The van der Waals surface area contributed by atoms with E-state index in [1.807, 2.05) is 6.92 Å². The maximum atomic E-state index is 12.2. The van der Waals surface area contributed by atoms with E-state index in [0.29, 0.717) is 17.6 Å². The highest BCUT2D eigenvalue weighted by Gasteiger charge is 2.19. The molecule has 0 aliphatic rings. The van der Waals surface area contributed by atoms with Crippen LogP contribution in [-0.4, -0.2) is 41.5 Å². The topological polar surface area (TPSA) is 69.6 Å². The molecule has 0 fully saturated rings. The van der Waals surface area contributed by atoms with Crippen LogP contribution >= 0.6 is 15.9 Å². The van der Waals surface area contributed by atoms with Crippen LogP contribution < -0.4 is 5.32 Å². The highest BCUT2D eigenvalue weighted by Crippen LogP contribution is 2.23. The number of phenols is 1. The van der Waals surface area contributed by atoms with Gasteiger partial charge in [-0.25, -0.2) is 0 Å². The van der Waals surface area contributed by atoms with Gasteiger partial charge in [0.1, 0.15) is 5.75 Å². The maximum absolute atomic E-state index is 12.2. The van der Waals surface area contributed by atoms with E-state index in [1.165, 1.54) is 17.0 Å². The molecule has 1 aromatic rings. The molecule has 104 valence electrons. The molecule has 1 rings (SSSR count). The van der Waals surface area contributed by atoms with E-state index < -0.39 is 0 Å². The van der Waals surface area contributed by atoms with Gasteiger partial charge in [0.25, 0.3) is 5.91 Å². The first kappa shape index (κ1) is 15.5. The van der Waals surface area contributed by atoms with Crippen molar-refractivity contribution in [1.82, 2.24) is 10.2 Å². The molecule has 5 nitrogen and oxygen atoms in total. The fourth-order valence-corrected chi connectivity index (χ4v) is 1.96. The summed E-state index contributed by atoms with van der Waals surface area (Å²) < 4.78 is 0.688. The predicted octanol–water partition coefficient (Wildman–Crippen LogP) is 1.75. The zero-order chi connectivity index (χ0) is 14.4. The van der Waals surface area contributed by atoms with E-state index in [9.17, 15) is 14.7 Å². The van der Waals surface area contributed by atoms with Gasteiger partial charge in [0, 0.05) is 17.6 Å². The molecule has 1 aromatic carbocycles. The zero-order valence-corrected chi connectivity index (χ0v) is 12.5. The lowest BCUT2D eigenvalue weighted by Crippen LogP contribution is -2.40. The number of nitrogens with zero attached hydrogens (tertiary/aromatic N) is 1. The largest absolute Gasteiger partial charge is 0.507 e. The summed E-state index contributed by atoms with van der Waals surface area (Å²) in [6.07, 6.45) is 0. The van der Waals surface area contributed by atoms with E-state index in [0.717, 1.165) is 0 Å². The van der Waals surface area contributed by atoms with Crippen LogP contribution in [0.5, 0.6) is 5.75 Å². The van der Waals surface area contributed by atoms with Gasteiger partial charge in [-0.15, -0.1) is 0 Å². The van der Waals surface area contributed by atoms with Crippen LogP contribution in [0.3, 0.4) is 0 Å². The van der Waals surface area contributed by atoms with Gasteiger partial charge in [-0.05, 0) is 32.0 Å². The minimum Gasteiger partial charge on any atom is -0.507 e. The Kier molecular flexibility index (Phi) is 5.82. The van der Waals surface area contributed by atoms with E-state index in [2.05, 4.69) is 21.2 Å². The minimum absolute atomic E-state index is 0.0152. The Labute approximate surface area is 120 Å². The van der Waals surface area contributed by atoms with Gasteiger partial charge in [-0.1, -0.05) is 15.9 Å². The number of hydrogen-bond donors (Lipinski definition) is 2. The fourth-order valence-electron chi connectivity index (χ4n) is 1.61. The SMILES string of the molecule is CCNC(=O)CN(CC)C(=O)c1ccc(Br)cc1O. The van der Waals surface area contributed by atoms with Crippen molar-refractivity contribution in [3.05, 3.63) is 28.2 Å². The molecule has 0 unspecified atom stereocenters. The number of hydrogen-bond acceptors (Lipinski definition) is 3. The smallest absolute Gasteiger partial charge is 0.258 e. The molecule has 6 heteroatoms. The lowest BCUT2D eigenvalue weighted by Gasteiger charge is -2.20. The first-order valence-corrected chi connectivity index (χ1v) is 6.83. The molecule has 0 aliphatic carbocycles. The third-order valence-electron chi connectivity index (χ3n) is 2.57. The number of benzene rings is 1. The van der Waals surface area contributed by atoms with Gasteiger partial charge >= 0.3 is 0 Å². The highest BCUT2D eigenvalue weighted by molar-refractivity contribution is 9.10. The number of phenolic OH excluding ortho intramolecular Hbond substituents is 1. The van der Waals surface area contributed by atoms with Crippen LogP contribution in [0.4, 0.5) is 0 Å². The second-order valence-electron chi connectivity index (χ2n) is 3.93. The molecule has 0 spiro atoms. The first-order valence-electron chi connectivity index (χ1n) is 6.04. The quantitative estimate of drug-likeness (QED) is 0.865. The normalized spacial score (nSPS) is 10.1. The monoisotopic (exact) mass is 328 g/mol. The van der Waals surface area contributed by atoms with E-state index in [-0.39, 0.29) is 29.7 Å². The fraction of sp³-hybridized carbons (Fsp3) is 0.385. The summed E-state index contributed by atoms with van der Waals surface area (Å²) in [5.41, 5.74) is 0.189. The molecule has 0 saturated carbocycles. The third-order valence-corrected chi connectivity index (χ3v) is 3.06. The Morgan fingerprint density at radius 3 is 2.58 bits per heavy atom. The van der Waals surface area contributed by atoms with Gasteiger partial charge in [-0.2, -0.15) is 0 Å². The van der Waals surface area contributed by atoms with Crippen LogP contribution in [0.1, 0.15) is 24.2 Å². The summed E-state index contributed by atoms with van der Waals surface area (Å²) in [5, 5.41) is 12.4. The zero-order valence-electron chi connectivity index (χ0n) is 10.9. The molecule has 0 atom stereocenters. The number of amides is 2. The van der Waals surface area contributed by atoms with E-state index >= 15 is 0 Å². The van der Waals surface area contributed by atoms with Crippen molar-refractivity contribution in [2.45, 2.75) is 13.8 Å². The molecule has 2 N–H and O–H groups in total. The van der Waals surface area contributed by atoms with Crippen molar-refractivity contribution >= 4 is 27.7 Å². The Bertz CT molecular complexity index is 477. The average molecular weight is 329 g/mol. The molecular weight excluding hydrogens is 312 g/mol. The number of nitrogens with one attached hydrogen (secondary N) is 1. The molecule has 0 radical (unpaired) electrons. The Hall–Kier alpha value is -1.56. The summed E-state index contributed by atoms with van der Waals surface area (Å²) in [7, 11) is 0. The standard InChI is InChI=1S/C13H17BrN2O3/c1-3-15-12(18)8-16(4-2)13(19)10-6-5-9(14)7-11(10)17/h5-7,17H,3-4,8H2,1-2H3,(H,15,18). The van der Waals surface area contributed by atoms with Crippen molar-refractivity contribution < 1.29 is 14.7 Å². The minimum atomic E-state index is -0.362. The van der Waals surface area contributed by atoms with Crippen LogP contribution in [0.15, 0.2) is 22.7 Å². The number of likely N-dealkylation sites (N-methyl/N-ethyl adjacent to an activating group) is 2. The molecule has 2 amide bonds. The summed E-state index contributed by atoms with van der Waals surface area (Å²) >= 11 is 3.21. The maximum Gasteiger partial charge on any atom is 0.258 e. The number of aromatic hydroxyl groups is 1. The summed E-state index contributed by atoms with van der Waals surface area (Å²) in [4.78, 5) is 25.1. The molecule has 0 aromatic heterocycles. The Morgan fingerprint density at radius 2 is 2.05 bits per heavy atom. The molecule has 0 bridgehead atoms. The predicted molar refractivity (Wildman–Crippen MR) is 76.1 cm³/mol. The van der Waals surface area contributed by atoms with Crippen LogP contribution in [0.25, 0.3) is 0 Å².